The maximum Gasteiger partial charge on any atom is 0.118 e. The number of benzene rings is 1. The van der Waals surface area contributed by atoms with Crippen molar-refractivity contribution in [3.8, 4) is 5.75 Å². The summed E-state index contributed by atoms with van der Waals surface area (Å²) in [6.07, 6.45) is 2.45. The van der Waals surface area contributed by atoms with Gasteiger partial charge in [0.15, 0.2) is 0 Å². The molecule has 19 heavy (non-hydrogen) atoms. The van der Waals surface area contributed by atoms with Crippen LogP contribution < -0.4 is 10.1 Å². The molecule has 0 aromatic heterocycles. The lowest BCUT2D eigenvalue weighted by Crippen LogP contribution is -2.23. The normalized spacial score (nSPS) is 14.1. The average Bonchev–Trinajstić information content (AvgIpc) is 2.44. The van der Waals surface area contributed by atoms with Gasteiger partial charge in [0.2, 0.25) is 0 Å². The summed E-state index contributed by atoms with van der Waals surface area (Å²) < 4.78 is 11.0. The molecule has 1 aromatic carbocycles. The molecule has 0 radical (unpaired) electrons. The predicted octanol–water partition coefficient (Wildman–Crippen LogP) is 3.41. The molecule has 0 amide bonds. The molecule has 2 unspecified atom stereocenters. The maximum atomic E-state index is 5.82. The second kappa shape index (κ2) is 8.94. The minimum Gasteiger partial charge on any atom is -0.497 e. The van der Waals surface area contributed by atoms with Crippen LogP contribution in [0.1, 0.15) is 38.3 Å². The molecule has 3 heteroatoms. The van der Waals surface area contributed by atoms with Crippen LogP contribution in [0.4, 0.5) is 0 Å². The topological polar surface area (TPSA) is 30.5 Å². The van der Waals surface area contributed by atoms with Gasteiger partial charge >= 0.3 is 0 Å². The number of hydrogen-bond donors (Lipinski definition) is 1. The van der Waals surface area contributed by atoms with Crippen molar-refractivity contribution in [3.05, 3.63) is 29.8 Å². The van der Waals surface area contributed by atoms with Gasteiger partial charge in [-0.3, -0.25) is 0 Å². The molecule has 0 heterocycles. The third-order valence-corrected chi connectivity index (χ3v) is 3.33. The van der Waals surface area contributed by atoms with Crippen molar-refractivity contribution in [2.24, 2.45) is 5.92 Å². The SMILES string of the molecule is CCCC(C)COCC(NC)c1ccc(OC)cc1. The molecule has 0 fully saturated rings. The number of nitrogens with one attached hydrogen (secondary N) is 1. The monoisotopic (exact) mass is 265 g/mol. The van der Waals surface area contributed by atoms with Crippen LogP contribution in [0.15, 0.2) is 24.3 Å². The van der Waals surface area contributed by atoms with E-state index in [1.807, 2.05) is 19.2 Å². The van der Waals surface area contributed by atoms with E-state index < -0.39 is 0 Å². The smallest absolute Gasteiger partial charge is 0.118 e. The van der Waals surface area contributed by atoms with Gasteiger partial charge in [-0.15, -0.1) is 0 Å². The van der Waals surface area contributed by atoms with Gasteiger partial charge in [0, 0.05) is 6.61 Å². The van der Waals surface area contributed by atoms with E-state index >= 15 is 0 Å². The maximum absolute atomic E-state index is 5.82. The van der Waals surface area contributed by atoms with Gasteiger partial charge in [-0.1, -0.05) is 32.4 Å². The van der Waals surface area contributed by atoms with E-state index in [-0.39, 0.29) is 6.04 Å². The highest BCUT2D eigenvalue weighted by atomic mass is 16.5. The number of rotatable bonds is 9. The van der Waals surface area contributed by atoms with Crippen LogP contribution in [-0.4, -0.2) is 27.4 Å². The first-order chi connectivity index (χ1) is 9.21. The first kappa shape index (κ1) is 16.0. The lowest BCUT2D eigenvalue weighted by molar-refractivity contribution is 0.0848. The third kappa shape index (κ3) is 5.62. The molecule has 0 aliphatic carbocycles. The van der Waals surface area contributed by atoms with Crippen LogP contribution in [0.25, 0.3) is 0 Å². The minimum atomic E-state index is 0.236. The average molecular weight is 265 g/mol. The van der Waals surface area contributed by atoms with E-state index in [0.29, 0.717) is 12.5 Å². The molecule has 1 N–H and O–H groups in total. The Balaban J connectivity index is 2.43. The fourth-order valence-corrected chi connectivity index (χ4v) is 2.15. The van der Waals surface area contributed by atoms with Gasteiger partial charge in [0.1, 0.15) is 5.75 Å². The fourth-order valence-electron chi connectivity index (χ4n) is 2.15. The van der Waals surface area contributed by atoms with Gasteiger partial charge < -0.3 is 14.8 Å². The fraction of sp³-hybridized carbons (Fsp3) is 0.625. The Labute approximate surface area is 117 Å². The molecular weight excluding hydrogens is 238 g/mol. The van der Waals surface area contributed by atoms with Crippen molar-refractivity contribution < 1.29 is 9.47 Å². The Hall–Kier alpha value is -1.06. The van der Waals surface area contributed by atoms with Gasteiger partial charge in [-0.05, 0) is 37.1 Å². The van der Waals surface area contributed by atoms with Crippen molar-refractivity contribution in [2.45, 2.75) is 32.7 Å². The summed E-state index contributed by atoms with van der Waals surface area (Å²) in [6, 6.07) is 8.37. The van der Waals surface area contributed by atoms with Crippen LogP contribution in [-0.2, 0) is 4.74 Å². The summed E-state index contributed by atoms with van der Waals surface area (Å²) in [7, 11) is 3.65. The van der Waals surface area contributed by atoms with Gasteiger partial charge in [-0.2, -0.15) is 0 Å². The highest BCUT2D eigenvalue weighted by molar-refractivity contribution is 5.29. The van der Waals surface area contributed by atoms with Crippen LogP contribution >= 0.6 is 0 Å². The lowest BCUT2D eigenvalue weighted by atomic mass is 10.1. The summed E-state index contributed by atoms with van der Waals surface area (Å²) in [5.41, 5.74) is 1.23. The first-order valence-electron chi connectivity index (χ1n) is 7.10. The lowest BCUT2D eigenvalue weighted by Gasteiger charge is -2.19. The molecule has 0 bridgehead atoms. The van der Waals surface area contributed by atoms with Crippen LogP contribution in [0.5, 0.6) is 5.75 Å². The zero-order chi connectivity index (χ0) is 14.1. The number of ether oxygens (including phenoxy) is 2. The zero-order valence-electron chi connectivity index (χ0n) is 12.6. The molecule has 3 nitrogen and oxygen atoms in total. The number of hydrogen-bond acceptors (Lipinski definition) is 3. The van der Waals surface area contributed by atoms with Crippen LogP contribution in [0.2, 0.25) is 0 Å². The Bertz CT molecular complexity index is 337. The van der Waals surface area contributed by atoms with Crippen molar-refractivity contribution in [1.82, 2.24) is 5.32 Å². The molecule has 0 spiro atoms. The van der Waals surface area contributed by atoms with Crippen molar-refractivity contribution >= 4 is 0 Å². The molecule has 1 aromatic rings. The minimum absolute atomic E-state index is 0.236. The van der Waals surface area contributed by atoms with E-state index in [1.165, 1.54) is 18.4 Å². The van der Waals surface area contributed by atoms with Gasteiger partial charge in [-0.25, -0.2) is 0 Å². The van der Waals surface area contributed by atoms with Gasteiger partial charge in [0.25, 0.3) is 0 Å². The molecular formula is C16H27NO2. The second-order valence-corrected chi connectivity index (χ2v) is 5.05. The van der Waals surface area contributed by atoms with E-state index in [4.69, 9.17) is 9.47 Å². The Kier molecular flexibility index (Phi) is 7.53. The van der Waals surface area contributed by atoms with E-state index in [2.05, 4.69) is 31.3 Å². The van der Waals surface area contributed by atoms with E-state index in [0.717, 1.165) is 12.4 Å². The molecule has 108 valence electrons. The molecule has 0 saturated carbocycles. The Morgan fingerprint density at radius 2 is 1.84 bits per heavy atom. The molecule has 0 aliphatic rings. The number of methoxy groups -OCH3 is 1. The molecule has 0 aliphatic heterocycles. The van der Waals surface area contributed by atoms with Gasteiger partial charge in [0.05, 0.1) is 19.8 Å². The summed E-state index contributed by atoms with van der Waals surface area (Å²) in [4.78, 5) is 0. The van der Waals surface area contributed by atoms with E-state index in [9.17, 15) is 0 Å². The standard InChI is InChI=1S/C16H27NO2/c1-5-6-13(2)11-19-12-16(17-3)14-7-9-15(18-4)10-8-14/h7-10,13,16-17H,5-6,11-12H2,1-4H3. The third-order valence-electron chi connectivity index (χ3n) is 3.33. The molecule has 2 atom stereocenters. The zero-order valence-corrected chi connectivity index (χ0v) is 12.6. The summed E-state index contributed by atoms with van der Waals surface area (Å²) in [5, 5.41) is 3.30. The summed E-state index contributed by atoms with van der Waals surface area (Å²) in [5.74, 6) is 1.52. The van der Waals surface area contributed by atoms with E-state index in [1.54, 1.807) is 7.11 Å². The molecule has 1 rings (SSSR count). The quantitative estimate of drug-likeness (QED) is 0.742. The Morgan fingerprint density at radius 1 is 1.16 bits per heavy atom. The van der Waals surface area contributed by atoms with Crippen LogP contribution in [0.3, 0.4) is 0 Å². The predicted molar refractivity (Wildman–Crippen MR) is 79.7 cm³/mol. The number of likely N-dealkylation sites (N-methyl/N-ethyl adjacent to an activating group) is 1. The second-order valence-electron chi connectivity index (χ2n) is 5.05. The largest absolute Gasteiger partial charge is 0.497 e. The highest BCUT2D eigenvalue weighted by Crippen LogP contribution is 2.18. The van der Waals surface area contributed by atoms with Crippen LogP contribution in [0, 0.1) is 5.92 Å². The highest BCUT2D eigenvalue weighted by Gasteiger charge is 2.10. The summed E-state index contributed by atoms with van der Waals surface area (Å²) >= 11 is 0. The van der Waals surface area contributed by atoms with Crippen molar-refractivity contribution in [2.75, 3.05) is 27.4 Å². The summed E-state index contributed by atoms with van der Waals surface area (Å²) in [6.45, 7) is 5.99. The first-order valence-corrected chi connectivity index (χ1v) is 7.10. The Morgan fingerprint density at radius 3 is 2.37 bits per heavy atom. The molecule has 0 saturated heterocycles. The van der Waals surface area contributed by atoms with Crippen molar-refractivity contribution in [1.29, 1.82) is 0 Å². The van der Waals surface area contributed by atoms with Crippen molar-refractivity contribution in [3.63, 3.8) is 0 Å².